The topological polar surface area (TPSA) is 32.8 Å². The van der Waals surface area contributed by atoms with E-state index in [1.165, 1.54) is 33.4 Å². The third-order valence-electron chi connectivity index (χ3n) is 13.5. The minimum absolute atomic E-state index is 0.893. The lowest BCUT2D eigenvalue weighted by atomic mass is 9.95. The zero-order valence-electron chi connectivity index (χ0n) is 38.5. The predicted octanol–water partition coefficient (Wildman–Crippen LogP) is 18.7. The Morgan fingerprint density at radius 2 is 0.662 bits per heavy atom. The van der Waals surface area contributed by atoms with Crippen LogP contribution in [0.25, 0.3) is 77.3 Å². The van der Waals surface area contributed by atoms with Crippen molar-refractivity contribution in [2.24, 2.45) is 0 Å². The molecule has 0 saturated carbocycles. The maximum atomic E-state index is 6.24. The summed E-state index contributed by atoms with van der Waals surface area (Å²) in [5, 5.41) is 4.48. The number of nitrogens with zero attached hydrogens (tertiary/aromatic N) is 2. The monoisotopic (exact) mass is 876 g/mol. The normalized spacial score (nSPS) is 11.5. The van der Waals surface area contributed by atoms with Crippen LogP contribution in [0.2, 0.25) is 0 Å². The molecule has 0 spiro atoms. The molecule has 0 fully saturated rings. The largest absolute Gasteiger partial charge is 0.456 e. The maximum absolute atomic E-state index is 6.24. The van der Waals surface area contributed by atoms with Crippen LogP contribution in [0.4, 0.5) is 34.1 Å². The van der Waals surface area contributed by atoms with Crippen molar-refractivity contribution in [2.45, 2.75) is 27.7 Å². The number of para-hydroxylation sites is 6. The fourth-order valence-electron chi connectivity index (χ4n) is 10.3. The van der Waals surface area contributed by atoms with Gasteiger partial charge in [0.2, 0.25) is 0 Å². The molecular formula is C64H48N2O2. The van der Waals surface area contributed by atoms with Gasteiger partial charge in [-0.15, -0.1) is 0 Å². The lowest BCUT2D eigenvalue weighted by Gasteiger charge is -2.31. The number of hydrogen-bond donors (Lipinski definition) is 0. The molecule has 0 amide bonds. The molecule has 2 aromatic heterocycles. The Hall–Kier alpha value is -8.60. The molecule has 4 heteroatoms. The molecule has 2 heterocycles. The van der Waals surface area contributed by atoms with Crippen molar-refractivity contribution in [1.82, 2.24) is 0 Å². The van der Waals surface area contributed by atoms with E-state index in [1.807, 2.05) is 24.3 Å². The molecule has 68 heavy (non-hydrogen) atoms. The van der Waals surface area contributed by atoms with Crippen LogP contribution < -0.4 is 9.80 Å². The zero-order valence-corrected chi connectivity index (χ0v) is 38.5. The second-order valence-electron chi connectivity index (χ2n) is 17.9. The van der Waals surface area contributed by atoms with Crippen molar-refractivity contribution in [2.75, 3.05) is 9.80 Å². The molecule has 0 aliphatic rings. The molecular weight excluding hydrogens is 829 g/mol. The molecule has 12 rings (SSSR count). The fourth-order valence-corrected chi connectivity index (χ4v) is 10.3. The Balaban J connectivity index is 0.945. The molecule has 4 nitrogen and oxygen atoms in total. The predicted molar refractivity (Wildman–Crippen MR) is 286 cm³/mol. The van der Waals surface area contributed by atoms with Crippen molar-refractivity contribution < 1.29 is 8.83 Å². The van der Waals surface area contributed by atoms with Crippen LogP contribution >= 0.6 is 0 Å². The minimum atomic E-state index is 0.893. The van der Waals surface area contributed by atoms with Crippen LogP contribution in [0.3, 0.4) is 0 Å². The first-order valence-corrected chi connectivity index (χ1v) is 23.3. The summed E-state index contributed by atoms with van der Waals surface area (Å²) in [7, 11) is 0. The number of hydrogen-bond acceptors (Lipinski definition) is 4. The lowest BCUT2D eigenvalue weighted by molar-refractivity contribution is 0.668. The number of furan rings is 2. The molecule has 326 valence electrons. The zero-order chi connectivity index (χ0) is 45.9. The summed E-state index contributed by atoms with van der Waals surface area (Å²) in [5.41, 5.74) is 22.0. The highest BCUT2D eigenvalue weighted by Gasteiger charge is 2.24. The van der Waals surface area contributed by atoms with Crippen molar-refractivity contribution >= 4 is 78.0 Å². The van der Waals surface area contributed by atoms with Gasteiger partial charge in [-0.05, 0) is 157 Å². The molecule has 0 aliphatic carbocycles. The number of aryl methyl sites for hydroxylation is 4. The molecule has 0 aliphatic heterocycles. The number of fused-ring (bicyclic) bond motifs is 6. The third kappa shape index (κ3) is 7.01. The second-order valence-corrected chi connectivity index (χ2v) is 17.9. The number of benzene rings is 10. The Morgan fingerprint density at radius 3 is 1.09 bits per heavy atom. The first-order chi connectivity index (χ1) is 33.4. The molecule has 0 atom stereocenters. The van der Waals surface area contributed by atoms with Crippen molar-refractivity contribution in [1.29, 1.82) is 0 Å². The average Bonchev–Trinajstić information content (AvgIpc) is 3.94. The van der Waals surface area contributed by atoms with Crippen LogP contribution in [-0.2, 0) is 0 Å². The smallest absolute Gasteiger partial charge is 0.135 e. The quantitative estimate of drug-likeness (QED) is 0.145. The van der Waals surface area contributed by atoms with Gasteiger partial charge in [-0.1, -0.05) is 133 Å². The van der Waals surface area contributed by atoms with Gasteiger partial charge in [-0.25, -0.2) is 0 Å². The van der Waals surface area contributed by atoms with Gasteiger partial charge in [0.05, 0.1) is 11.4 Å². The Kier molecular flexibility index (Phi) is 10.0. The van der Waals surface area contributed by atoms with Crippen LogP contribution in [0.5, 0.6) is 0 Å². The van der Waals surface area contributed by atoms with E-state index < -0.39 is 0 Å². The third-order valence-corrected chi connectivity index (χ3v) is 13.5. The van der Waals surface area contributed by atoms with E-state index in [9.17, 15) is 0 Å². The Bertz CT molecular complexity index is 3610. The summed E-state index contributed by atoms with van der Waals surface area (Å²) in [6, 6.07) is 78.3. The van der Waals surface area contributed by atoms with Gasteiger partial charge in [0.1, 0.15) is 22.3 Å². The fraction of sp³-hybridized carbons (Fsp3) is 0.0625. The Labute approximate surface area is 396 Å². The number of rotatable bonds is 9. The van der Waals surface area contributed by atoms with Crippen LogP contribution in [0, 0.1) is 27.7 Å². The SMILES string of the molecule is Cc1cc(-c2ccc(N(c3ccccc3)c3c(C)cccc3-c3ccc4oc5ccccc5c4c3)c(C)c2)ccc1N(c1ccccc1)c1c(C)cccc1-c1ccc2oc3ccccc3c2c1. The molecule has 0 saturated heterocycles. The van der Waals surface area contributed by atoms with Gasteiger partial charge in [-0.2, -0.15) is 0 Å². The van der Waals surface area contributed by atoms with Crippen LogP contribution in [0.1, 0.15) is 22.3 Å². The Morgan fingerprint density at radius 1 is 0.279 bits per heavy atom. The first kappa shape index (κ1) is 40.9. The molecule has 0 N–H and O–H groups in total. The van der Waals surface area contributed by atoms with Gasteiger partial charge in [0, 0.05) is 55.4 Å². The van der Waals surface area contributed by atoms with Crippen LogP contribution in [-0.4, -0.2) is 0 Å². The maximum Gasteiger partial charge on any atom is 0.135 e. The van der Waals surface area contributed by atoms with Gasteiger partial charge in [0.15, 0.2) is 0 Å². The van der Waals surface area contributed by atoms with Crippen molar-refractivity contribution in [3.63, 3.8) is 0 Å². The highest BCUT2D eigenvalue weighted by molar-refractivity contribution is 6.08. The summed E-state index contributed by atoms with van der Waals surface area (Å²) < 4.78 is 12.5. The van der Waals surface area contributed by atoms with Crippen molar-refractivity contribution in [3.8, 4) is 33.4 Å². The molecule has 0 unspecified atom stereocenters. The first-order valence-electron chi connectivity index (χ1n) is 23.3. The molecule has 0 bridgehead atoms. The lowest BCUT2D eigenvalue weighted by Crippen LogP contribution is -2.14. The summed E-state index contributed by atoms with van der Waals surface area (Å²) in [4.78, 5) is 4.86. The summed E-state index contributed by atoms with van der Waals surface area (Å²) >= 11 is 0. The van der Waals surface area contributed by atoms with Gasteiger partial charge in [0.25, 0.3) is 0 Å². The van der Waals surface area contributed by atoms with E-state index in [1.54, 1.807) is 0 Å². The summed E-state index contributed by atoms with van der Waals surface area (Å²) in [5.74, 6) is 0. The van der Waals surface area contributed by atoms with Gasteiger partial charge in [-0.3, -0.25) is 0 Å². The van der Waals surface area contributed by atoms with Gasteiger partial charge >= 0.3 is 0 Å². The molecule has 10 aromatic carbocycles. The van der Waals surface area contributed by atoms with E-state index in [0.717, 1.165) is 100 Å². The van der Waals surface area contributed by atoms with E-state index >= 15 is 0 Å². The second kappa shape index (κ2) is 16.7. The highest BCUT2D eigenvalue weighted by atomic mass is 16.3. The standard InChI is InChI=1S/C64H48N2O2/c1-41-17-15-25-51(47-31-35-61-55(39-47)53-23-11-13-27-59(53)67-61)63(41)65(49-19-7-5-8-20-49)57-33-29-45(37-43(57)3)46-30-34-58(44(4)38-46)66(50-21-9-6-10-22-50)64-42(2)18-16-26-52(64)48-32-36-62-56(40-48)54-24-12-14-28-60(54)68-62/h5-40H,1-4H3. The molecule has 12 aromatic rings. The van der Waals surface area contributed by atoms with Gasteiger partial charge < -0.3 is 18.6 Å². The average molecular weight is 877 g/mol. The summed E-state index contributed by atoms with van der Waals surface area (Å²) in [6.07, 6.45) is 0. The van der Waals surface area contributed by atoms with E-state index in [4.69, 9.17) is 8.83 Å². The van der Waals surface area contributed by atoms with E-state index in [2.05, 4.69) is 232 Å². The van der Waals surface area contributed by atoms with Crippen molar-refractivity contribution in [3.05, 3.63) is 241 Å². The number of anilines is 6. The highest BCUT2D eigenvalue weighted by Crippen LogP contribution is 2.48. The summed E-state index contributed by atoms with van der Waals surface area (Å²) in [6.45, 7) is 8.90. The minimum Gasteiger partial charge on any atom is -0.456 e. The van der Waals surface area contributed by atoms with E-state index in [-0.39, 0.29) is 0 Å². The van der Waals surface area contributed by atoms with Crippen LogP contribution in [0.15, 0.2) is 227 Å². The molecule has 0 radical (unpaired) electrons. The van der Waals surface area contributed by atoms with E-state index in [0.29, 0.717) is 0 Å².